The molecule has 1 aromatic carbocycles. The first-order valence-electron chi connectivity index (χ1n) is 4.12. The number of hydrogen-bond acceptors (Lipinski definition) is 1. The van der Waals surface area contributed by atoms with Crippen molar-refractivity contribution >= 4 is 40.9 Å². The zero-order valence-corrected chi connectivity index (χ0v) is 11.4. The molecule has 0 saturated carbocycles. The molecule has 0 aliphatic heterocycles. The number of methoxy groups -OCH3 is 1. The molecule has 1 nitrogen and oxygen atoms in total. The minimum absolute atomic E-state index is 0.536. The van der Waals surface area contributed by atoms with Gasteiger partial charge in [-0.3, -0.25) is 0 Å². The summed E-state index contributed by atoms with van der Waals surface area (Å²) in [5, 5.41) is 0. The number of benzene rings is 1. The van der Waals surface area contributed by atoms with Crippen LogP contribution in [0.3, 0.4) is 0 Å². The van der Waals surface area contributed by atoms with E-state index in [9.17, 15) is 0 Å². The first-order chi connectivity index (χ1) is 6.07. The van der Waals surface area contributed by atoms with Gasteiger partial charge in [-0.1, -0.05) is 0 Å². The van der Waals surface area contributed by atoms with E-state index in [1.165, 1.54) is 10.0 Å². The summed E-state index contributed by atoms with van der Waals surface area (Å²) in [5.41, 5.74) is 1.33. The first-order valence-corrected chi connectivity index (χ1v) is 5.84. The van der Waals surface area contributed by atoms with Crippen molar-refractivity contribution in [2.75, 3.05) is 7.11 Å². The second-order valence-corrected chi connectivity index (χ2v) is 4.88. The van der Waals surface area contributed by atoms with Crippen molar-refractivity contribution < 1.29 is 4.74 Å². The molecular weight excluding hydrogens is 294 g/mol. The van der Waals surface area contributed by atoms with Crippen molar-refractivity contribution in [3.8, 4) is 5.75 Å². The monoisotopic (exact) mass is 308 g/mol. The Morgan fingerprint density at radius 1 is 1.15 bits per heavy atom. The van der Waals surface area contributed by atoms with E-state index in [0.29, 0.717) is 5.92 Å². The Kier molecular flexibility index (Phi) is 3.87. The van der Waals surface area contributed by atoms with Crippen LogP contribution in [0.15, 0.2) is 12.1 Å². The molecule has 0 radical (unpaired) electrons. The van der Waals surface area contributed by atoms with Crippen LogP contribution in [0.5, 0.6) is 5.75 Å². The summed E-state index contributed by atoms with van der Waals surface area (Å²) in [4.78, 5) is 0. The van der Waals surface area contributed by atoms with Gasteiger partial charge >= 0.3 is 96.0 Å². The number of ether oxygens (including phenoxy) is 1. The third kappa shape index (κ3) is 2.29. The van der Waals surface area contributed by atoms with Gasteiger partial charge in [0, 0.05) is 0 Å². The van der Waals surface area contributed by atoms with E-state index in [1.807, 2.05) is 6.07 Å². The van der Waals surface area contributed by atoms with Gasteiger partial charge in [0.2, 0.25) is 0 Å². The summed E-state index contributed by atoms with van der Waals surface area (Å²) in [6, 6.07) is 4.11. The zero-order chi connectivity index (χ0) is 10.0. The SMILES string of the molecule is COc1ccc(C(C)C)c([Se-])c1[Se-]. The first kappa shape index (κ1) is 11.1. The molecule has 3 heteroatoms. The van der Waals surface area contributed by atoms with Crippen molar-refractivity contribution in [1.29, 1.82) is 0 Å². The maximum absolute atomic E-state index is 5.21. The molecule has 1 rings (SSSR count). The fourth-order valence-electron chi connectivity index (χ4n) is 1.18. The van der Waals surface area contributed by atoms with E-state index in [0.717, 1.165) is 10.2 Å². The van der Waals surface area contributed by atoms with Crippen molar-refractivity contribution in [3.05, 3.63) is 17.7 Å². The Bertz CT molecular complexity index is 308. The fourth-order valence-corrected chi connectivity index (χ4v) is 2.59. The normalized spacial score (nSPS) is 10.5. The van der Waals surface area contributed by atoms with Crippen LogP contribution in [-0.2, 0) is 0 Å². The fraction of sp³-hybridized carbons (Fsp3) is 0.400. The molecule has 72 valence electrons. The van der Waals surface area contributed by atoms with Gasteiger partial charge in [0.1, 0.15) is 0 Å². The van der Waals surface area contributed by atoms with Crippen LogP contribution in [0.25, 0.3) is 0 Å². The van der Waals surface area contributed by atoms with E-state index < -0.39 is 0 Å². The molecule has 0 N–H and O–H groups in total. The second kappa shape index (κ2) is 4.52. The predicted molar refractivity (Wildman–Crippen MR) is 57.9 cm³/mol. The standard InChI is InChI=1S/C10H14OSe2/c1-6(2)7-4-5-8(11-3)10(13)9(7)12/h4-6,12-13H,1-3H3/p-2. The average molecular weight is 306 g/mol. The Hall–Kier alpha value is 0.0590. The van der Waals surface area contributed by atoms with Crippen LogP contribution in [0, 0.1) is 0 Å². The van der Waals surface area contributed by atoms with Crippen LogP contribution >= 0.6 is 0 Å². The molecule has 0 heterocycles. The molecule has 13 heavy (non-hydrogen) atoms. The van der Waals surface area contributed by atoms with Gasteiger partial charge in [-0.05, 0) is 0 Å². The molecule has 0 aromatic heterocycles. The molecule has 0 atom stereocenters. The Balaban J connectivity index is 3.23. The predicted octanol–water partition coefficient (Wildman–Crippen LogP) is 0.406. The molecule has 1 aromatic rings. The molecule has 0 unspecified atom stereocenters. The van der Waals surface area contributed by atoms with Crippen LogP contribution in [-0.4, -0.2) is 39.1 Å². The number of hydrogen-bond donors (Lipinski definition) is 0. The molecule has 0 spiro atoms. The minimum atomic E-state index is 0.536. The summed E-state index contributed by atoms with van der Waals surface area (Å²) in [6.45, 7) is 4.37. The summed E-state index contributed by atoms with van der Waals surface area (Å²) < 4.78 is 7.46. The van der Waals surface area contributed by atoms with Crippen molar-refractivity contribution in [2.24, 2.45) is 0 Å². The molecule has 0 aliphatic carbocycles. The van der Waals surface area contributed by atoms with Gasteiger partial charge in [-0.25, -0.2) is 0 Å². The third-order valence-electron chi connectivity index (χ3n) is 1.95. The topological polar surface area (TPSA) is 9.23 Å². The van der Waals surface area contributed by atoms with Gasteiger partial charge in [0.05, 0.1) is 0 Å². The quantitative estimate of drug-likeness (QED) is 0.719. The Morgan fingerprint density at radius 2 is 1.77 bits per heavy atom. The summed E-state index contributed by atoms with van der Waals surface area (Å²) in [5.74, 6) is 1.44. The van der Waals surface area contributed by atoms with Gasteiger partial charge in [0.15, 0.2) is 0 Å². The third-order valence-corrected chi connectivity index (χ3v) is 4.38. The van der Waals surface area contributed by atoms with Crippen molar-refractivity contribution in [3.63, 3.8) is 0 Å². The molecule has 0 amide bonds. The van der Waals surface area contributed by atoms with Crippen LogP contribution in [0.4, 0.5) is 0 Å². The molecular formula is C10H12OSe2-2. The van der Waals surface area contributed by atoms with E-state index in [4.69, 9.17) is 4.74 Å². The summed E-state index contributed by atoms with van der Waals surface area (Å²) in [6.07, 6.45) is 0. The van der Waals surface area contributed by atoms with Crippen LogP contribution in [0.1, 0.15) is 25.3 Å². The van der Waals surface area contributed by atoms with E-state index in [1.54, 1.807) is 7.11 Å². The van der Waals surface area contributed by atoms with E-state index in [-0.39, 0.29) is 0 Å². The second-order valence-electron chi connectivity index (χ2n) is 3.17. The van der Waals surface area contributed by atoms with E-state index >= 15 is 0 Å². The number of rotatable bonds is 2. The molecule has 0 saturated heterocycles. The van der Waals surface area contributed by atoms with Crippen LogP contribution < -0.4 is 13.7 Å². The van der Waals surface area contributed by atoms with E-state index in [2.05, 4.69) is 51.9 Å². The summed E-state index contributed by atoms with van der Waals surface area (Å²) >= 11 is 6.11. The maximum atomic E-state index is 5.21. The zero-order valence-electron chi connectivity index (χ0n) is 7.96. The van der Waals surface area contributed by atoms with Gasteiger partial charge in [0.25, 0.3) is 0 Å². The van der Waals surface area contributed by atoms with Gasteiger partial charge < -0.3 is 0 Å². The van der Waals surface area contributed by atoms with Crippen molar-refractivity contribution in [1.82, 2.24) is 0 Å². The Labute approximate surface area is 95.9 Å². The van der Waals surface area contributed by atoms with Crippen LogP contribution in [0.2, 0.25) is 0 Å². The Morgan fingerprint density at radius 3 is 2.23 bits per heavy atom. The average Bonchev–Trinajstić information content (AvgIpc) is 2.09. The van der Waals surface area contributed by atoms with Crippen molar-refractivity contribution in [2.45, 2.75) is 19.8 Å². The molecule has 0 aliphatic rings. The molecule has 0 fully saturated rings. The summed E-state index contributed by atoms with van der Waals surface area (Å²) in [7, 11) is 1.69. The van der Waals surface area contributed by atoms with Gasteiger partial charge in [-0.15, -0.1) is 0 Å². The van der Waals surface area contributed by atoms with Gasteiger partial charge in [-0.2, -0.15) is 0 Å². The molecule has 0 bridgehead atoms.